The summed E-state index contributed by atoms with van der Waals surface area (Å²) >= 11 is 0. The second kappa shape index (κ2) is 9.72. The highest BCUT2D eigenvalue weighted by molar-refractivity contribution is 5.96. The molecule has 29 heavy (non-hydrogen) atoms. The molecule has 0 saturated carbocycles. The number of aryl methyl sites for hydroxylation is 1. The van der Waals surface area contributed by atoms with E-state index in [0.29, 0.717) is 5.75 Å². The minimum atomic E-state index is -3.03. The zero-order valence-electron chi connectivity index (χ0n) is 16.4. The van der Waals surface area contributed by atoms with Crippen LogP contribution in [0.3, 0.4) is 0 Å². The molecule has 0 saturated heterocycles. The van der Waals surface area contributed by atoms with Gasteiger partial charge in [-0.25, -0.2) is 0 Å². The lowest BCUT2D eigenvalue weighted by molar-refractivity contribution is -0.128. The number of amides is 2. The largest absolute Gasteiger partial charge is 0.493 e. The van der Waals surface area contributed by atoms with Crippen LogP contribution in [0.1, 0.15) is 28.4 Å². The normalized spacial score (nSPS) is 11.6. The van der Waals surface area contributed by atoms with Crippen molar-refractivity contribution < 1.29 is 32.6 Å². The van der Waals surface area contributed by atoms with Gasteiger partial charge in [0.15, 0.2) is 17.6 Å². The van der Waals surface area contributed by atoms with E-state index in [1.807, 2.05) is 26.0 Å². The van der Waals surface area contributed by atoms with Gasteiger partial charge in [-0.05, 0) is 56.2 Å². The fourth-order valence-electron chi connectivity index (χ4n) is 2.39. The van der Waals surface area contributed by atoms with Crippen molar-refractivity contribution in [1.82, 2.24) is 10.9 Å². The van der Waals surface area contributed by atoms with Crippen LogP contribution in [-0.4, -0.2) is 31.6 Å². The fourth-order valence-corrected chi connectivity index (χ4v) is 2.39. The van der Waals surface area contributed by atoms with Crippen molar-refractivity contribution in [3.63, 3.8) is 0 Å². The number of halogens is 2. The van der Waals surface area contributed by atoms with Crippen molar-refractivity contribution in [2.75, 3.05) is 7.11 Å². The van der Waals surface area contributed by atoms with Crippen molar-refractivity contribution in [3.05, 3.63) is 53.1 Å². The SMILES string of the molecule is COc1cc(C(=O)NNC(=O)C(C)Oc2cccc(C)c2C)ccc1OC(F)F. The average molecular weight is 408 g/mol. The van der Waals surface area contributed by atoms with E-state index in [0.717, 1.165) is 11.1 Å². The third-order valence-corrected chi connectivity index (χ3v) is 4.17. The number of hydrogen-bond acceptors (Lipinski definition) is 5. The average Bonchev–Trinajstić information content (AvgIpc) is 2.69. The Morgan fingerprint density at radius 3 is 2.34 bits per heavy atom. The fraction of sp³-hybridized carbons (Fsp3) is 0.300. The molecule has 0 fully saturated rings. The Kier molecular flexibility index (Phi) is 7.35. The Morgan fingerprint density at radius 1 is 0.966 bits per heavy atom. The molecule has 2 amide bonds. The molecule has 7 nitrogen and oxygen atoms in total. The summed E-state index contributed by atoms with van der Waals surface area (Å²) in [5.41, 5.74) is 6.52. The second-order valence-corrected chi connectivity index (χ2v) is 6.15. The summed E-state index contributed by atoms with van der Waals surface area (Å²) < 4.78 is 39.6. The van der Waals surface area contributed by atoms with Crippen LogP contribution in [0, 0.1) is 13.8 Å². The minimum Gasteiger partial charge on any atom is -0.493 e. The number of ether oxygens (including phenoxy) is 3. The van der Waals surface area contributed by atoms with Gasteiger partial charge in [-0.3, -0.25) is 20.4 Å². The van der Waals surface area contributed by atoms with E-state index in [1.165, 1.54) is 25.3 Å². The zero-order valence-corrected chi connectivity index (χ0v) is 16.4. The molecule has 0 bridgehead atoms. The van der Waals surface area contributed by atoms with Crippen LogP contribution in [0.2, 0.25) is 0 Å². The van der Waals surface area contributed by atoms with Crippen molar-refractivity contribution in [2.45, 2.75) is 33.5 Å². The number of hydrogen-bond donors (Lipinski definition) is 2. The van der Waals surface area contributed by atoms with Gasteiger partial charge in [0, 0.05) is 5.56 Å². The van der Waals surface area contributed by atoms with Gasteiger partial charge in [0.05, 0.1) is 7.11 Å². The van der Waals surface area contributed by atoms with Crippen LogP contribution < -0.4 is 25.1 Å². The van der Waals surface area contributed by atoms with Crippen LogP contribution in [0.5, 0.6) is 17.2 Å². The standard InChI is InChI=1S/C20H22F2N2O5/c1-11-6-5-7-15(12(11)2)28-13(3)18(25)23-24-19(26)14-8-9-16(29-20(21)22)17(10-14)27-4/h5-10,13,20H,1-4H3,(H,23,25)(H,24,26). The molecule has 9 heteroatoms. The molecule has 1 unspecified atom stereocenters. The van der Waals surface area contributed by atoms with E-state index >= 15 is 0 Å². The van der Waals surface area contributed by atoms with Crippen molar-refractivity contribution in [1.29, 1.82) is 0 Å². The number of hydrazine groups is 1. The van der Waals surface area contributed by atoms with Crippen LogP contribution in [0.4, 0.5) is 8.78 Å². The third-order valence-electron chi connectivity index (χ3n) is 4.17. The van der Waals surface area contributed by atoms with E-state index < -0.39 is 24.5 Å². The Labute approximate surface area is 166 Å². The summed E-state index contributed by atoms with van der Waals surface area (Å²) in [6, 6.07) is 9.15. The summed E-state index contributed by atoms with van der Waals surface area (Å²) in [6.07, 6.45) is -0.868. The maximum atomic E-state index is 12.4. The van der Waals surface area contributed by atoms with Crippen molar-refractivity contribution >= 4 is 11.8 Å². The van der Waals surface area contributed by atoms with Gasteiger partial charge in [-0.15, -0.1) is 0 Å². The summed E-state index contributed by atoms with van der Waals surface area (Å²) in [5.74, 6) is -0.920. The first-order valence-corrected chi connectivity index (χ1v) is 8.68. The molecular weight excluding hydrogens is 386 g/mol. The summed E-state index contributed by atoms with van der Waals surface area (Å²) in [6.45, 7) is 2.33. The lowest BCUT2D eigenvalue weighted by Crippen LogP contribution is -2.47. The van der Waals surface area contributed by atoms with Crippen LogP contribution in [0.15, 0.2) is 36.4 Å². The predicted octanol–water partition coefficient (Wildman–Crippen LogP) is 3.14. The Morgan fingerprint density at radius 2 is 1.69 bits per heavy atom. The van der Waals surface area contributed by atoms with Gasteiger partial charge >= 0.3 is 6.61 Å². The molecule has 0 heterocycles. The lowest BCUT2D eigenvalue weighted by Gasteiger charge is -2.17. The number of carbonyl (C=O) groups is 2. The van der Waals surface area contributed by atoms with Gasteiger partial charge in [-0.1, -0.05) is 12.1 Å². The highest BCUT2D eigenvalue weighted by atomic mass is 19.3. The van der Waals surface area contributed by atoms with E-state index in [4.69, 9.17) is 9.47 Å². The van der Waals surface area contributed by atoms with E-state index in [2.05, 4.69) is 15.6 Å². The molecule has 0 aromatic heterocycles. The highest BCUT2D eigenvalue weighted by Gasteiger charge is 2.18. The highest BCUT2D eigenvalue weighted by Crippen LogP contribution is 2.29. The van der Waals surface area contributed by atoms with E-state index in [1.54, 1.807) is 13.0 Å². The molecule has 2 aromatic rings. The molecule has 0 radical (unpaired) electrons. The molecule has 2 N–H and O–H groups in total. The Bertz CT molecular complexity index is 889. The van der Waals surface area contributed by atoms with E-state index in [-0.39, 0.29) is 17.1 Å². The molecule has 1 atom stereocenters. The Hall–Kier alpha value is -3.36. The molecule has 0 aliphatic heterocycles. The zero-order chi connectivity index (χ0) is 21.6. The molecule has 0 aliphatic carbocycles. The first-order chi connectivity index (χ1) is 13.7. The van der Waals surface area contributed by atoms with Gasteiger partial charge in [0.25, 0.3) is 11.8 Å². The maximum Gasteiger partial charge on any atom is 0.387 e. The predicted molar refractivity (Wildman–Crippen MR) is 101 cm³/mol. The van der Waals surface area contributed by atoms with Crippen molar-refractivity contribution in [2.24, 2.45) is 0 Å². The number of alkyl halides is 2. The molecule has 156 valence electrons. The number of nitrogens with one attached hydrogen (secondary N) is 2. The molecular formula is C20H22F2N2O5. The van der Waals surface area contributed by atoms with Gasteiger partial charge < -0.3 is 14.2 Å². The number of methoxy groups -OCH3 is 1. The maximum absolute atomic E-state index is 12.4. The van der Waals surface area contributed by atoms with Crippen molar-refractivity contribution in [3.8, 4) is 17.2 Å². The Balaban J connectivity index is 1.97. The van der Waals surface area contributed by atoms with Crippen LogP contribution >= 0.6 is 0 Å². The van der Waals surface area contributed by atoms with Gasteiger partial charge in [-0.2, -0.15) is 8.78 Å². The van der Waals surface area contributed by atoms with Crippen LogP contribution in [0.25, 0.3) is 0 Å². The number of benzene rings is 2. The smallest absolute Gasteiger partial charge is 0.387 e. The topological polar surface area (TPSA) is 85.9 Å². The summed E-state index contributed by atoms with van der Waals surface area (Å²) in [5, 5.41) is 0. The quantitative estimate of drug-likeness (QED) is 0.688. The molecule has 0 spiro atoms. The lowest BCUT2D eigenvalue weighted by atomic mass is 10.1. The van der Waals surface area contributed by atoms with Crippen LogP contribution in [-0.2, 0) is 4.79 Å². The number of carbonyl (C=O) groups excluding carboxylic acids is 2. The number of rotatable bonds is 7. The van der Waals surface area contributed by atoms with Gasteiger partial charge in [0.1, 0.15) is 5.75 Å². The first-order valence-electron chi connectivity index (χ1n) is 8.68. The third kappa shape index (κ3) is 5.81. The molecule has 0 aliphatic rings. The summed E-state index contributed by atoms with van der Waals surface area (Å²) in [4.78, 5) is 24.4. The second-order valence-electron chi connectivity index (χ2n) is 6.15. The minimum absolute atomic E-state index is 0.0455. The molecule has 2 rings (SSSR count). The molecule has 2 aromatic carbocycles. The first kappa shape index (κ1) is 21.9. The summed E-state index contributed by atoms with van der Waals surface area (Å²) in [7, 11) is 1.25. The van der Waals surface area contributed by atoms with Gasteiger partial charge in [0.2, 0.25) is 0 Å². The monoisotopic (exact) mass is 408 g/mol. The van der Waals surface area contributed by atoms with E-state index in [9.17, 15) is 18.4 Å².